The van der Waals surface area contributed by atoms with E-state index < -0.39 is 17.4 Å². The Morgan fingerprint density at radius 2 is 2.21 bits per heavy atom. The van der Waals surface area contributed by atoms with Crippen LogP contribution in [-0.2, 0) is 9.59 Å². The van der Waals surface area contributed by atoms with Crippen LogP contribution in [0.3, 0.4) is 0 Å². The predicted molar refractivity (Wildman–Crippen MR) is 49.2 cm³/mol. The summed E-state index contributed by atoms with van der Waals surface area (Å²) >= 11 is 0. The molecule has 5 nitrogen and oxygen atoms in total. The van der Waals surface area contributed by atoms with Crippen LogP contribution in [0.2, 0.25) is 0 Å². The van der Waals surface area contributed by atoms with Crippen molar-refractivity contribution in [3.05, 3.63) is 11.8 Å². The van der Waals surface area contributed by atoms with Gasteiger partial charge in [0, 0.05) is 6.21 Å². The minimum Gasteiger partial charge on any atom is -0.481 e. The van der Waals surface area contributed by atoms with Gasteiger partial charge in [0.2, 0.25) is 0 Å². The molecule has 0 bridgehead atoms. The molecule has 0 saturated carbocycles. The standard InChI is InChI=1S/C9H11NO4/c1-2-9(8(13)14)4-3-6(7(11)12)10-5-9/h3,5H,2,4H2,1H3,(H,11,12)(H,13,14). The van der Waals surface area contributed by atoms with Crippen LogP contribution in [0.1, 0.15) is 19.8 Å². The van der Waals surface area contributed by atoms with Gasteiger partial charge in [-0.15, -0.1) is 0 Å². The summed E-state index contributed by atoms with van der Waals surface area (Å²) in [6, 6.07) is 0. The van der Waals surface area contributed by atoms with Gasteiger partial charge in [-0.1, -0.05) is 6.92 Å². The molecule has 5 heteroatoms. The number of aliphatic imine (C=N–C) groups is 1. The lowest BCUT2D eigenvalue weighted by molar-refractivity contribution is -0.145. The quantitative estimate of drug-likeness (QED) is 0.703. The molecule has 0 aliphatic carbocycles. The molecule has 1 unspecified atom stereocenters. The van der Waals surface area contributed by atoms with Crippen molar-refractivity contribution in [3.8, 4) is 0 Å². The number of aliphatic carboxylic acids is 2. The molecule has 0 aromatic rings. The molecule has 0 aromatic heterocycles. The smallest absolute Gasteiger partial charge is 0.354 e. The van der Waals surface area contributed by atoms with Crippen LogP contribution >= 0.6 is 0 Å². The van der Waals surface area contributed by atoms with E-state index >= 15 is 0 Å². The number of hydrogen-bond acceptors (Lipinski definition) is 3. The zero-order chi connectivity index (χ0) is 10.8. The Morgan fingerprint density at radius 1 is 1.57 bits per heavy atom. The van der Waals surface area contributed by atoms with Crippen LogP contribution in [0, 0.1) is 5.41 Å². The van der Waals surface area contributed by atoms with Crippen molar-refractivity contribution >= 4 is 18.2 Å². The number of nitrogens with zero attached hydrogens (tertiary/aromatic N) is 1. The fraction of sp³-hybridized carbons (Fsp3) is 0.444. The van der Waals surface area contributed by atoms with Crippen LogP contribution in [0.15, 0.2) is 16.8 Å². The van der Waals surface area contributed by atoms with E-state index in [1.807, 2.05) is 0 Å². The molecule has 1 heterocycles. The van der Waals surface area contributed by atoms with Gasteiger partial charge in [0.15, 0.2) is 0 Å². The third kappa shape index (κ3) is 1.66. The highest BCUT2D eigenvalue weighted by Crippen LogP contribution is 2.29. The molecule has 0 aromatic carbocycles. The summed E-state index contributed by atoms with van der Waals surface area (Å²) in [4.78, 5) is 25.0. The number of rotatable bonds is 3. The summed E-state index contributed by atoms with van der Waals surface area (Å²) in [6.07, 6.45) is 3.15. The normalized spacial score (nSPS) is 25.6. The second-order valence-corrected chi connectivity index (χ2v) is 3.17. The van der Waals surface area contributed by atoms with Gasteiger partial charge in [0.05, 0.1) is 0 Å². The van der Waals surface area contributed by atoms with Crippen LogP contribution in [-0.4, -0.2) is 28.4 Å². The van der Waals surface area contributed by atoms with Gasteiger partial charge < -0.3 is 10.2 Å². The Morgan fingerprint density at radius 3 is 2.50 bits per heavy atom. The first kappa shape index (κ1) is 10.4. The number of carboxylic acid groups (broad SMARTS) is 2. The monoisotopic (exact) mass is 197 g/mol. The molecule has 1 atom stereocenters. The molecule has 14 heavy (non-hydrogen) atoms. The Balaban J connectivity index is 2.90. The summed E-state index contributed by atoms with van der Waals surface area (Å²) < 4.78 is 0. The van der Waals surface area contributed by atoms with Crippen LogP contribution < -0.4 is 0 Å². The molecule has 76 valence electrons. The number of hydrogen-bond donors (Lipinski definition) is 2. The van der Waals surface area contributed by atoms with Crippen molar-refractivity contribution < 1.29 is 19.8 Å². The maximum atomic E-state index is 10.9. The van der Waals surface area contributed by atoms with Crippen LogP contribution in [0.4, 0.5) is 0 Å². The fourth-order valence-electron chi connectivity index (χ4n) is 1.25. The van der Waals surface area contributed by atoms with Crippen LogP contribution in [0.5, 0.6) is 0 Å². The largest absolute Gasteiger partial charge is 0.481 e. The van der Waals surface area contributed by atoms with Gasteiger partial charge in [-0.05, 0) is 18.9 Å². The summed E-state index contributed by atoms with van der Waals surface area (Å²) in [7, 11) is 0. The van der Waals surface area contributed by atoms with E-state index in [0.717, 1.165) is 0 Å². The molecular weight excluding hydrogens is 186 g/mol. The Hall–Kier alpha value is -1.65. The Kier molecular flexibility index (Phi) is 2.69. The fourth-order valence-corrected chi connectivity index (χ4v) is 1.25. The number of carboxylic acids is 2. The van der Waals surface area contributed by atoms with Gasteiger partial charge in [0.1, 0.15) is 11.1 Å². The highest BCUT2D eigenvalue weighted by atomic mass is 16.4. The van der Waals surface area contributed by atoms with Gasteiger partial charge in [-0.3, -0.25) is 9.79 Å². The van der Waals surface area contributed by atoms with Crippen molar-refractivity contribution in [3.63, 3.8) is 0 Å². The van der Waals surface area contributed by atoms with Gasteiger partial charge in [0.25, 0.3) is 0 Å². The molecule has 1 rings (SSSR count). The lowest BCUT2D eigenvalue weighted by atomic mass is 9.81. The third-order valence-corrected chi connectivity index (χ3v) is 2.39. The first-order valence-corrected chi connectivity index (χ1v) is 4.24. The average Bonchev–Trinajstić information content (AvgIpc) is 2.17. The highest BCUT2D eigenvalue weighted by molar-refractivity contribution is 5.98. The lowest BCUT2D eigenvalue weighted by Crippen LogP contribution is -2.33. The van der Waals surface area contributed by atoms with Gasteiger partial charge in [-0.2, -0.15) is 0 Å². The lowest BCUT2D eigenvalue weighted by Gasteiger charge is -2.24. The van der Waals surface area contributed by atoms with Crippen molar-refractivity contribution in [2.75, 3.05) is 0 Å². The third-order valence-electron chi connectivity index (χ3n) is 2.39. The van der Waals surface area contributed by atoms with Crippen molar-refractivity contribution in [2.45, 2.75) is 19.8 Å². The highest BCUT2D eigenvalue weighted by Gasteiger charge is 2.36. The average molecular weight is 197 g/mol. The van der Waals surface area contributed by atoms with E-state index in [9.17, 15) is 9.59 Å². The Labute approximate surface area is 80.8 Å². The van der Waals surface area contributed by atoms with E-state index in [1.54, 1.807) is 6.92 Å². The maximum absolute atomic E-state index is 10.9. The second kappa shape index (κ2) is 3.61. The van der Waals surface area contributed by atoms with Crippen molar-refractivity contribution in [1.29, 1.82) is 0 Å². The summed E-state index contributed by atoms with van der Waals surface area (Å²) in [5, 5.41) is 17.5. The van der Waals surface area contributed by atoms with E-state index in [4.69, 9.17) is 10.2 Å². The minimum absolute atomic E-state index is 0.0877. The van der Waals surface area contributed by atoms with Gasteiger partial charge in [-0.25, -0.2) is 4.79 Å². The second-order valence-electron chi connectivity index (χ2n) is 3.17. The van der Waals surface area contributed by atoms with Crippen LogP contribution in [0.25, 0.3) is 0 Å². The Bertz CT molecular complexity index is 332. The number of carbonyl (C=O) groups is 2. The topological polar surface area (TPSA) is 87.0 Å². The molecule has 0 amide bonds. The zero-order valence-electron chi connectivity index (χ0n) is 7.73. The SMILES string of the molecule is CCC1(C(=O)O)C=NC(C(=O)O)=CC1. The van der Waals surface area contributed by atoms with E-state index in [0.29, 0.717) is 6.42 Å². The molecule has 0 radical (unpaired) electrons. The van der Waals surface area contributed by atoms with Crippen molar-refractivity contribution in [2.24, 2.45) is 10.4 Å². The minimum atomic E-state index is -1.13. The molecular formula is C9H11NO4. The summed E-state index contributed by atoms with van der Waals surface area (Å²) in [5.74, 6) is -2.10. The zero-order valence-corrected chi connectivity index (χ0v) is 7.73. The molecule has 0 spiro atoms. The predicted octanol–water partition coefficient (Wildman–Crippen LogP) is 0.910. The molecule has 1 aliphatic heterocycles. The number of allylic oxidation sites excluding steroid dienone is 1. The molecule has 0 fully saturated rings. The first-order chi connectivity index (χ1) is 6.52. The van der Waals surface area contributed by atoms with E-state index in [2.05, 4.69) is 4.99 Å². The molecule has 2 N–H and O–H groups in total. The summed E-state index contributed by atoms with van der Waals surface area (Å²) in [6.45, 7) is 1.74. The van der Waals surface area contributed by atoms with Crippen molar-refractivity contribution in [1.82, 2.24) is 0 Å². The van der Waals surface area contributed by atoms with E-state index in [-0.39, 0.29) is 12.1 Å². The van der Waals surface area contributed by atoms with E-state index in [1.165, 1.54) is 12.3 Å². The summed E-state index contributed by atoms with van der Waals surface area (Å²) in [5.41, 5.74) is -1.12. The van der Waals surface area contributed by atoms with Gasteiger partial charge >= 0.3 is 11.9 Å². The maximum Gasteiger partial charge on any atom is 0.354 e. The molecule has 0 saturated heterocycles. The molecule has 1 aliphatic rings. The first-order valence-electron chi connectivity index (χ1n) is 4.24.